The summed E-state index contributed by atoms with van der Waals surface area (Å²) >= 11 is 0. The molecule has 2 rings (SSSR count). The zero-order chi connectivity index (χ0) is 14.5. The van der Waals surface area contributed by atoms with Crippen LogP contribution in [0, 0.1) is 0 Å². The number of alkyl halides is 2. The maximum absolute atomic E-state index is 12.4. The lowest BCUT2D eigenvalue weighted by molar-refractivity contribution is -0.0498. The molecule has 0 saturated heterocycles. The van der Waals surface area contributed by atoms with Gasteiger partial charge in [-0.05, 0) is 19.1 Å². The van der Waals surface area contributed by atoms with E-state index in [4.69, 9.17) is 4.74 Å². The summed E-state index contributed by atoms with van der Waals surface area (Å²) in [5.41, 5.74) is 0.422. The fourth-order valence-corrected chi connectivity index (χ4v) is 1.69. The third-order valence-electron chi connectivity index (χ3n) is 2.46. The molecule has 0 aliphatic heterocycles. The van der Waals surface area contributed by atoms with Crippen LogP contribution in [0.2, 0.25) is 0 Å². The van der Waals surface area contributed by atoms with Crippen molar-refractivity contribution in [1.82, 2.24) is 9.55 Å². The number of hydrogen-bond donors (Lipinski definition) is 0. The molecule has 0 fully saturated rings. The summed E-state index contributed by atoms with van der Waals surface area (Å²) in [6, 6.07) is 6.13. The molecule has 2 aromatic rings. The molecule has 20 heavy (non-hydrogen) atoms. The molecule has 0 amide bonds. The first kappa shape index (κ1) is 14.0. The molecular formula is C13H12F2N2O3. The van der Waals surface area contributed by atoms with Crippen LogP contribution in [0.1, 0.15) is 17.4 Å². The third-order valence-corrected chi connectivity index (χ3v) is 2.46. The lowest BCUT2D eigenvalue weighted by atomic mass is 10.3. The number of benzene rings is 1. The number of nitrogens with zero attached hydrogens (tertiary/aromatic N) is 2. The van der Waals surface area contributed by atoms with Gasteiger partial charge in [0.1, 0.15) is 5.75 Å². The molecule has 0 saturated carbocycles. The number of halogens is 2. The Morgan fingerprint density at radius 3 is 2.85 bits per heavy atom. The molecule has 1 aromatic carbocycles. The monoisotopic (exact) mass is 282 g/mol. The molecule has 0 radical (unpaired) electrons. The first-order chi connectivity index (χ1) is 9.63. The van der Waals surface area contributed by atoms with Gasteiger partial charge in [-0.3, -0.25) is 4.57 Å². The van der Waals surface area contributed by atoms with Crippen LogP contribution in [0.4, 0.5) is 8.78 Å². The highest BCUT2D eigenvalue weighted by Gasteiger charge is 2.17. The van der Waals surface area contributed by atoms with Crippen molar-refractivity contribution in [3.05, 3.63) is 42.5 Å². The average Bonchev–Trinajstić information content (AvgIpc) is 2.88. The number of ether oxygens (including phenoxy) is 2. The standard InChI is InChI=1S/C13H12F2N2O3/c1-2-19-12(18)10-7-16-8-17(10)9-5-3-4-6-11(9)20-13(14)15/h3-8,13H,2H2,1H3. The van der Waals surface area contributed by atoms with Gasteiger partial charge in [-0.25, -0.2) is 9.78 Å². The summed E-state index contributed by atoms with van der Waals surface area (Å²) < 4.78 is 35.4. The van der Waals surface area contributed by atoms with Crippen molar-refractivity contribution in [2.45, 2.75) is 13.5 Å². The summed E-state index contributed by atoms with van der Waals surface area (Å²) in [6.45, 7) is -1.07. The molecule has 0 spiro atoms. The lowest BCUT2D eigenvalue weighted by Crippen LogP contribution is -2.12. The Morgan fingerprint density at radius 1 is 1.40 bits per heavy atom. The third kappa shape index (κ3) is 2.93. The highest BCUT2D eigenvalue weighted by atomic mass is 19.3. The van der Waals surface area contributed by atoms with Gasteiger partial charge in [-0.1, -0.05) is 12.1 Å². The fourth-order valence-electron chi connectivity index (χ4n) is 1.69. The van der Waals surface area contributed by atoms with Crippen molar-refractivity contribution in [2.24, 2.45) is 0 Å². The minimum Gasteiger partial charge on any atom is -0.461 e. The van der Waals surface area contributed by atoms with Gasteiger partial charge in [0.2, 0.25) is 0 Å². The van der Waals surface area contributed by atoms with Gasteiger partial charge in [-0.2, -0.15) is 8.78 Å². The van der Waals surface area contributed by atoms with Crippen LogP contribution >= 0.6 is 0 Å². The highest BCUT2D eigenvalue weighted by molar-refractivity contribution is 5.88. The number of imidazole rings is 1. The van der Waals surface area contributed by atoms with E-state index in [0.29, 0.717) is 0 Å². The largest absolute Gasteiger partial charge is 0.461 e. The van der Waals surface area contributed by atoms with Crippen molar-refractivity contribution in [3.63, 3.8) is 0 Å². The molecule has 1 heterocycles. The number of rotatable bonds is 5. The minimum atomic E-state index is -2.95. The number of aromatic nitrogens is 2. The van der Waals surface area contributed by atoms with Gasteiger partial charge in [0.05, 0.1) is 24.8 Å². The zero-order valence-electron chi connectivity index (χ0n) is 10.6. The second-order valence-corrected chi connectivity index (χ2v) is 3.72. The molecule has 0 unspecified atom stereocenters. The predicted octanol–water partition coefficient (Wildman–Crippen LogP) is 2.65. The maximum atomic E-state index is 12.4. The van der Waals surface area contributed by atoms with E-state index in [2.05, 4.69) is 9.72 Å². The van der Waals surface area contributed by atoms with Gasteiger partial charge < -0.3 is 9.47 Å². The molecule has 5 nitrogen and oxygen atoms in total. The van der Waals surface area contributed by atoms with E-state index in [1.54, 1.807) is 25.1 Å². The van der Waals surface area contributed by atoms with Gasteiger partial charge >= 0.3 is 12.6 Å². The van der Waals surface area contributed by atoms with E-state index in [1.807, 2.05) is 0 Å². The predicted molar refractivity (Wildman–Crippen MR) is 66.2 cm³/mol. The Labute approximate surface area is 113 Å². The topological polar surface area (TPSA) is 53.3 Å². The Bertz CT molecular complexity index is 599. The van der Waals surface area contributed by atoms with Gasteiger partial charge in [0, 0.05) is 0 Å². The maximum Gasteiger partial charge on any atom is 0.387 e. The molecule has 0 N–H and O–H groups in total. The second kappa shape index (κ2) is 6.14. The van der Waals surface area contributed by atoms with Crippen molar-refractivity contribution in [3.8, 4) is 11.4 Å². The van der Waals surface area contributed by atoms with E-state index < -0.39 is 12.6 Å². The van der Waals surface area contributed by atoms with Crippen LogP contribution in [0.25, 0.3) is 5.69 Å². The fraction of sp³-hybridized carbons (Fsp3) is 0.231. The van der Waals surface area contributed by atoms with Crippen LogP contribution in [0.5, 0.6) is 5.75 Å². The van der Waals surface area contributed by atoms with E-state index >= 15 is 0 Å². The van der Waals surface area contributed by atoms with Gasteiger partial charge in [0.25, 0.3) is 0 Å². The summed E-state index contributed by atoms with van der Waals surface area (Å²) in [6.07, 6.45) is 2.64. The number of carbonyl (C=O) groups is 1. The Morgan fingerprint density at radius 2 is 2.15 bits per heavy atom. The van der Waals surface area contributed by atoms with Crippen LogP contribution in [0.15, 0.2) is 36.8 Å². The first-order valence-electron chi connectivity index (χ1n) is 5.87. The normalized spacial score (nSPS) is 10.6. The minimum absolute atomic E-state index is 0.0500. The SMILES string of the molecule is CCOC(=O)c1cncn1-c1ccccc1OC(F)F. The molecule has 0 aliphatic carbocycles. The van der Waals surface area contributed by atoms with Crippen LogP contribution < -0.4 is 4.74 Å². The Kier molecular flexibility index (Phi) is 4.29. The quantitative estimate of drug-likeness (QED) is 0.791. The van der Waals surface area contributed by atoms with E-state index in [-0.39, 0.29) is 23.7 Å². The van der Waals surface area contributed by atoms with E-state index in [0.717, 1.165) is 0 Å². The van der Waals surface area contributed by atoms with E-state index in [1.165, 1.54) is 23.2 Å². The summed E-state index contributed by atoms with van der Waals surface area (Å²) in [5, 5.41) is 0. The van der Waals surface area contributed by atoms with Crippen LogP contribution in [-0.2, 0) is 4.74 Å². The average molecular weight is 282 g/mol. The molecule has 7 heteroatoms. The van der Waals surface area contributed by atoms with Crippen molar-refractivity contribution in [2.75, 3.05) is 6.61 Å². The van der Waals surface area contributed by atoms with Gasteiger partial charge in [-0.15, -0.1) is 0 Å². The molecule has 0 atom stereocenters. The van der Waals surface area contributed by atoms with Gasteiger partial charge in [0.15, 0.2) is 5.69 Å². The smallest absolute Gasteiger partial charge is 0.387 e. The van der Waals surface area contributed by atoms with E-state index in [9.17, 15) is 13.6 Å². The molecule has 106 valence electrons. The Balaban J connectivity index is 2.42. The molecule has 0 aliphatic rings. The summed E-state index contributed by atoms with van der Waals surface area (Å²) in [7, 11) is 0. The molecule has 1 aromatic heterocycles. The highest BCUT2D eigenvalue weighted by Crippen LogP contribution is 2.25. The van der Waals surface area contributed by atoms with Crippen molar-refractivity contribution < 1.29 is 23.0 Å². The molecule has 0 bridgehead atoms. The second-order valence-electron chi connectivity index (χ2n) is 3.72. The van der Waals surface area contributed by atoms with Crippen molar-refractivity contribution in [1.29, 1.82) is 0 Å². The zero-order valence-corrected chi connectivity index (χ0v) is 10.6. The summed E-state index contributed by atoms with van der Waals surface area (Å²) in [4.78, 5) is 15.6. The Hall–Kier alpha value is -2.44. The van der Waals surface area contributed by atoms with Crippen LogP contribution in [0.3, 0.4) is 0 Å². The summed E-state index contributed by atoms with van der Waals surface area (Å²) in [5.74, 6) is -0.636. The molecular weight excluding hydrogens is 270 g/mol. The number of carbonyl (C=O) groups excluding carboxylic acids is 1. The van der Waals surface area contributed by atoms with Crippen molar-refractivity contribution >= 4 is 5.97 Å². The number of para-hydroxylation sites is 2. The number of esters is 1. The number of hydrogen-bond acceptors (Lipinski definition) is 4. The first-order valence-corrected chi connectivity index (χ1v) is 5.87. The lowest BCUT2D eigenvalue weighted by Gasteiger charge is -2.12. The van der Waals surface area contributed by atoms with Crippen LogP contribution in [-0.4, -0.2) is 28.7 Å².